The molecule has 0 aliphatic carbocycles. The van der Waals surface area contributed by atoms with Gasteiger partial charge in [-0.25, -0.2) is 4.98 Å². The number of nitrogens with one attached hydrogen (secondary N) is 1. The van der Waals surface area contributed by atoms with Crippen molar-refractivity contribution in [2.24, 2.45) is 0 Å². The van der Waals surface area contributed by atoms with Crippen molar-refractivity contribution in [2.45, 2.75) is 25.5 Å². The van der Waals surface area contributed by atoms with Crippen LogP contribution >= 0.6 is 15.9 Å². The number of nitrogens with zero attached hydrogens (tertiary/aromatic N) is 2. The van der Waals surface area contributed by atoms with Crippen molar-refractivity contribution in [3.63, 3.8) is 0 Å². The van der Waals surface area contributed by atoms with Crippen molar-refractivity contribution in [3.05, 3.63) is 68.7 Å². The third-order valence-electron chi connectivity index (χ3n) is 5.14. The first-order chi connectivity index (χ1) is 14.5. The third-order valence-corrected chi connectivity index (χ3v) is 5.83. The molecule has 1 N–H and O–H groups in total. The Morgan fingerprint density at radius 2 is 2.17 bits per heavy atom. The van der Waals surface area contributed by atoms with Crippen LogP contribution in [-0.2, 0) is 11.3 Å². The first-order valence-corrected chi connectivity index (χ1v) is 10.6. The van der Waals surface area contributed by atoms with E-state index in [1.807, 2.05) is 6.07 Å². The van der Waals surface area contributed by atoms with Gasteiger partial charge in [0.2, 0.25) is 0 Å². The minimum Gasteiger partial charge on any atom is -0.497 e. The molecule has 7 nitrogen and oxygen atoms in total. The zero-order valence-corrected chi connectivity index (χ0v) is 18.1. The molecule has 0 radical (unpaired) electrons. The second-order valence-corrected chi connectivity index (χ2v) is 8.05. The Morgan fingerprint density at radius 3 is 2.93 bits per heavy atom. The maximum absolute atomic E-state index is 13.4. The number of halogens is 1. The lowest BCUT2D eigenvalue weighted by atomic mass is 10.1. The van der Waals surface area contributed by atoms with Gasteiger partial charge in [0.15, 0.2) is 0 Å². The van der Waals surface area contributed by atoms with Gasteiger partial charge in [0.1, 0.15) is 11.6 Å². The molecule has 0 saturated carbocycles. The number of benzene rings is 2. The van der Waals surface area contributed by atoms with Crippen LogP contribution < -0.4 is 10.3 Å². The van der Waals surface area contributed by atoms with Crippen molar-refractivity contribution in [1.82, 2.24) is 14.9 Å². The minimum atomic E-state index is -0.220. The van der Waals surface area contributed by atoms with Crippen molar-refractivity contribution in [1.29, 1.82) is 0 Å². The summed E-state index contributed by atoms with van der Waals surface area (Å²) in [6.45, 7) is 1.28. The molecule has 1 aromatic heterocycles. The number of hydrogen-bond acceptors (Lipinski definition) is 5. The summed E-state index contributed by atoms with van der Waals surface area (Å²) >= 11 is 3.46. The maximum atomic E-state index is 13.4. The van der Waals surface area contributed by atoms with E-state index in [0.717, 1.165) is 12.8 Å². The Labute approximate surface area is 182 Å². The smallest absolute Gasteiger partial charge is 0.258 e. The molecule has 0 bridgehead atoms. The molecule has 1 fully saturated rings. The van der Waals surface area contributed by atoms with Crippen LogP contribution in [0, 0.1) is 0 Å². The zero-order chi connectivity index (χ0) is 21.1. The maximum Gasteiger partial charge on any atom is 0.258 e. The minimum absolute atomic E-state index is 0.0366. The number of fused-ring (bicyclic) bond motifs is 1. The van der Waals surface area contributed by atoms with Crippen LogP contribution in [0.5, 0.6) is 5.75 Å². The SMILES string of the molecule is COc1ccc(Br)c(C(=O)N(Cc2nc3ccccc3c(=O)[nH]2)C[C@H]2CCCO2)c1. The second kappa shape index (κ2) is 8.97. The van der Waals surface area contributed by atoms with Crippen LogP contribution in [-0.4, -0.2) is 47.1 Å². The number of carbonyl (C=O) groups excluding carboxylic acids is 1. The van der Waals surface area contributed by atoms with Crippen molar-refractivity contribution in [2.75, 3.05) is 20.3 Å². The highest BCUT2D eigenvalue weighted by Crippen LogP contribution is 2.25. The summed E-state index contributed by atoms with van der Waals surface area (Å²) in [7, 11) is 1.56. The van der Waals surface area contributed by atoms with Crippen LogP contribution in [0.2, 0.25) is 0 Å². The lowest BCUT2D eigenvalue weighted by Crippen LogP contribution is -2.38. The summed E-state index contributed by atoms with van der Waals surface area (Å²) in [5.41, 5.74) is 0.862. The number of rotatable bonds is 6. The van der Waals surface area contributed by atoms with Crippen LogP contribution in [0.4, 0.5) is 0 Å². The van der Waals surface area contributed by atoms with E-state index in [0.29, 0.717) is 45.7 Å². The molecule has 156 valence electrons. The Bertz CT molecular complexity index is 1120. The fourth-order valence-corrected chi connectivity index (χ4v) is 4.03. The Balaban J connectivity index is 1.68. The van der Waals surface area contributed by atoms with Crippen LogP contribution in [0.1, 0.15) is 29.0 Å². The van der Waals surface area contributed by atoms with Gasteiger partial charge in [-0.15, -0.1) is 0 Å². The van der Waals surface area contributed by atoms with Crippen molar-refractivity contribution in [3.8, 4) is 5.75 Å². The lowest BCUT2D eigenvalue weighted by Gasteiger charge is -2.26. The fourth-order valence-electron chi connectivity index (χ4n) is 3.61. The number of H-pyrrole nitrogens is 1. The molecule has 2 aromatic carbocycles. The van der Waals surface area contributed by atoms with E-state index < -0.39 is 0 Å². The summed E-state index contributed by atoms with van der Waals surface area (Å²) in [4.78, 5) is 34.9. The van der Waals surface area contributed by atoms with E-state index in [4.69, 9.17) is 9.47 Å². The highest BCUT2D eigenvalue weighted by atomic mass is 79.9. The summed E-state index contributed by atoms with van der Waals surface area (Å²) in [6.07, 6.45) is 1.83. The van der Waals surface area contributed by atoms with E-state index in [1.165, 1.54) is 0 Å². The normalized spacial score (nSPS) is 16.0. The molecule has 1 aliphatic heterocycles. The van der Waals surface area contributed by atoms with Gasteiger partial charge >= 0.3 is 0 Å². The van der Waals surface area contributed by atoms with Gasteiger partial charge in [0.25, 0.3) is 11.5 Å². The van der Waals surface area contributed by atoms with Gasteiger partial charge in [0.05, 0.1) is 36.2 Å². The van der Waals surface area contributed by atoms with Crippen LogP contribution in [0.3, 0.4) is 0 Å². The Morgan fingerprint density at radius 1 is 1.33 bits per heavy atom. The van der Waals surface area contributed by atoms with Crippen LogP contribution in [0.25, 0.3) is 10.9 Å². The molecule has 3 aromatic rings. The third kappa shape index (κ3) is 4.39. The quantitative estimate of drug-likeness (QED) is 0.594. The Kier molecular flexibility index (Phi) is 6.15. The molecule has 30 heavy (non-hydrogen) atoms. The van der Waals surface area contributed by atoms with E-state index in [-0.39, 0.29) is 24.1 Å². The average molecular weight is 472 g/mol. The molecule has 1 aliphatic rings. The predicted octanol–water partition coefficient (Wildman–Crippen LogP) is 3.52. The number of hydrogen-bond donors (Lipinski definition) is 1. The van der Waals surface area contributed by atoms with Gasteiger partial charge < -0.3 is 19.4 Å². The molecule has 4 rings (SSSR count). The molecule has 8 heteroatoms. The van der Waals surface area contributed by atoms with Crippen molar-refractivity contribution < 1.29 is 14.3 Å². The molecule has 2 heterocycles. The van der Waals surface area contributed by atoms with E-state index >= 15 is 0 Å². The highest BCUT2D eigenvalue weighted by Gasteiger charge is 2.26. The summed E-state index contributed by atoms with van der Waals surface area (Å²) in [6, 6.07) is 12.4. The molecule has 0 unspecified atom stereocenters. The van der Waals surface area contributed by atoms with Gasteiger partial charge in [0, 0.05) is 17.6 Å². The van der Waals surface area contributed by atoms with E-state index in [2.05, 4.69) is 25.9 Å². The number of amides is 1. The predicted molar refractivity (Wildman–Crippen MR) is 117 cm³/mol. The van der Waals surface area contributed by atoms with Gasteiger partial charge in [-0.3, -0.25) is 9.59 Å². The number of ether oxygens (including phenoxy) is 2. The molecular weight excluding hydrogens is 450 g/mol. The molecule has 0 spiro atoms. The largest absolute Gasteiger partial charge is 0.497 e. The number of carbonyl (C=O) groups is 1. The molecular formula is C22H22BrN3O4. The highest BCUT2D eigenvalue weighted by molar-refractivity contribution is 9.10. The number of para-hydroxylation sites is 1. The van der Waals surface area contributed by atoms with Gasteiger partial charge in [-0.2, -0.15) is 0 Å². The monoisotopic (exact) mass is 471 g/mol. The lowest BCUT2D eigenvalue weighted by molar-refractivity contribution is 0.0500. The standard InChI is InChI=1S/C22H22BrN3O4/c1-29-14-8-9-18(23)17(11-14)22(28)26(12-15-5-4-10-30-15)13-20-24-19-7-3-2-6-16(19)21(27)25-20/h2-3,6-9,11,15H,4-5,10,12-13H2,1H3,(H,24,25,27)/t15-/m1/s1. The average Bonchev–Trinajstić information content (AvgIpc) is 3.26. The number of aromatic nitrogens is 2. The number of methoxy groups -OCH3 is 1. The second-order valence-electron chi connectivity index (χ2n) is 7.20. The molecule has 1 saturated heterocycles. The number of aromatic amines is 1. The first kappa shape index (κ1) is 20.6. The summed E-state index contributed by atoms with van der Waals surface area (Å²) in [5, 5.41) is 0.522. The molecule has 1 amide bonds. The van der Waals surface area contributed by atoms with Gasteiger partial charge in [-0.05, 0) is 59.1 Å². The van der Waals surface area contributed by atoms with E-state index in [1.54, 1.807) is 48.4 Å². The Hall–Kier alpha value is -2.71. The van der Waals surface area contributed by atoms with Crippen LogP contribution in [0.15, 0.2) is 51.7 Å². The van der Waals surface area contributed by atoms with E-state index in [9.17, 15) is 9.59 Å². The fraction of sp³-hybridized carbons (Fsp3) is 0.318. The summed E-state index contributed by atoms with van der Waals surface area (Å²) in [5.74, 6) is 0.840. The van der Waals surface area contributed by atoms with Gasteiger partial charge in [-0.1, -0.05) is 12.1 Å². The zero-order valence-electron chi connectivity index (χ0n) is 16.6. The topological polar surface area (TPSA) is 84.5 Å². The molecule has 1 atom stereocenters. The summed E-state index contributed by atoms with van der Waals surface area (Å²) < 4.78 is 11.7. The first-order valence-electron chi connectivity index (χ1n) is 9.77. The van der Waals surface area contributed by atoms with Crippen molar-refractivity contribution >= 4 is 32.7 Å².